The fourth-order valence-corrected chi connectivity index (χ4v) is 4.81. The highest BCUT2D eigenvalue weighted by atomic mass is 14.9. The molecule has 1 aliphatic carbocycles. The zero-order valence-corrected chi connectivity index (χ0v) is 18.3. The molecule has 0 radical (unpaired) electrons. The highest BCUT2D eigenvalue weighted by Gasteiger charge is 2.24. The van der Waals surface area contributed by atoms with Crippen molar-refractivity contribution in [2.75, 3.05) is 0 Å². The maximum absolute atomic E-state index is 8.72. The van der Waals surface area contributed by atoms with E-state index in [1.165, 1.54) is 64.6 Å². The minimum Gasteiger partial charge on any atom is -0.198 e. The number of fused-ring (bicyclic) bond motifs is 1. The normalized spacial score (nSPS) is 15.6. The molecule has 1 saturated carbocycles. The lowest BCUT2D eigenvalue weighted by Crippen LogP contribution is -2.35. The molecule has 0 amide bonds. The number of aryl methyl sites for hydroxylation is 1. The third-order valence-corrected chi connectivity index (χ3v) is 6.89. The molecule has 1 heterocycles. The van der Waals surface area contributed by atoms with Gasteiger partial charge in [-0.1, -0.05) is 44.9 Å². The standard InChI is InChI=1S/C27H34N/c1-17(2)22-11-12-23-14-19(4)28(6)27(26(23)15-22)25-16-24(13-18(3)20(25)5)21-9-7-8-10-21/h11-17,21H,7-10H2,1-6H3/q+1/i14D. The van der Waals surface area contributed by atoms with Crippen molar-refractivity contribution in [3.63, 3.8) is 0 Å². The van der Waals surface area contributed by atoms with Gasteiger partial charge in [-0.25, -0.2) is 0 Å². The molecule has 0 unspecified atom stereocenters. The largest absolute Gasteiger partial charge is 0.220 e. The van der Waals surface area contributed by atoms with Crippen LogP contribution in [-0.2, 0) is 7.05 Å². The number of nitrogens with zero attached hydrogens (tertiary/aromatic N) is 1. The van der Waals surface area contributed by atoms with Crippen molar-refractivity contribution in [3.05, 3.63) is 64.3 Å². The summed E-state index contributed by atoms with van der Waals surface area (Å²) in [4.78, 5) is 0. The van der Waals surface area contributed by atoms with Crippen molar-refractivity contribution >= 4 is 10.8 Å². The van der Waals surface area contributed by atoms with Gasteiger partial charge in [0, 0.05) is 13.0 Å². The number of hydrogen-bond donors (Lipinski definition) is 0. The summed E-state index contributed by atoms with van der Waals surface area (Å²) in [6.07, 6.45) is 5.34. The highest BCUT2D eigenvalue weighted by Crippen LogP contribution is 2.39. The summed E-state index contributed by atoms with van der Waals surface area (Å²) in [6.45, 7) is 11.1. The summed E-state index contributed by atoms with van der Waals surface area (Å²) in [5.74, 6) is 1.17. The molecule has 0 saturated heterocycles. The van der Waals surface area contributed by atoms with Crippen molar-refractivity contribution in [2.45, 2.75) is 72.1 Å². The fraction of sp³-hybridized carbons (Fsp3) is 0.444. The van der Waals surface area contributed by atoms with Gasteiger partial charge in [0.2, 0.25) is 5.69 Å². The van der Waals surface area contributed by atoms with Crippen molar-refractivity contribution in [1.29, 1.82) is 0 Å². The summed E-state index contributed by atoms with van der Waals surface area (Å²) >= 11 is 0. The van der Waals surface area contributed by atoms with E-state index in [1.807, 2.05) is 0 Å². The Hall–Kier alpha value is -2.15. The van der Waals surface area contributed by atoms with E-state index in [2.05, 4.69) is 76.6 Å². The van der Waals surface area contributed by atoms with Crippen LogP contribution in [0.25, 0.3) is 22.0 Å². The first-order valence-corrected chi connectivity index (χ1v) is 10.8. The Morgan fingerprint density at radius 3 is 2.43 bits per heavy atom. The van der Waals surface area contributed by atoms with Gasteiger partial charge in [-0.15, -0.1) is 0 Å². The monoisotopic (exact) mass is 373 g/mol. The van der Waals surface area contributed by atoms with Crippen LogP contribution in [0.2, 0.25) is 0 Å². The van der Waals surface area contributed by atoms with E-state index in [1.54, 1.807) is 0 Å². The molecule has 1 heteroatoms. The minimum atomic E-state index is 0.473. The van der Waals surface area contributed by atoms with Crippen molar-refractivity contribution < 1.29 is 5.94 Å². The number of benzene rings is 2. The second-order valence-corrected chi connectivity index (χ2v) is 9.07. The van der Waals surface area contributed by atoms with Crippen molar-refractivity contribution in [1.82, 2.24) is 0 Å². The molecule has 0 bridgehead atoms. The van der Waals surface area contributed by atoms with Crippen LogP contribution < -0.4 is 4.57 Å². The Balaban J connectivity index is 2.06. The number of aromatic nitrogens is 1. The summed E-state index contributed by atoms with van der Waals surface area (Å²) < 4.78 is 11.0. The summed E-state index contributed by atoms with van der Waals surface area (Å²) in [5, 5.41) is 2.27. The molecule has 0 atom stereocenters. The van der Waals surface area contributed by atoms with Crippen LogP contribution in [0, 0.1) is 20.8 Å². The predicted molar refractivity (Wildman–Crippen MR) is 120 cm³/mol. The van der Waals surface area contributed by atoms with E-state index in [4.69, 9.17) is 1.37 Å². The first-order chi connectivity index (χ1) is 13.8. The number of rotatable bonds is 3. The van der Waals surface area contributed by atoms with Crippen LogP contribution in [0.4, 0.5) is 0 Å². The predicted octanol–water partition coefficient (Wildman–Crippen LogP) is 7.04. The Bertz CT molecular complexity index is 1090. The Morgan fingerprint density at radius 1 is 1.04 bits per heavy atom. The molecule has 28 heavy (non-hydrogen) atoms. The molecule has 1 fully saturated rings. The average Bonchev–Trinajstić information content (AvgIpc) is 3.23. The van der Waals surface area contributed by atoms with Gasteiger partial charge in [0.1, 0.15) is 7.05 Å². The molecular formula is C27H34N+. The third-order valence-electron chi connectivity index (χ3n) is 6.89. The molecule has 0 aliphatic heterocycles. The maximum atomic E-state index is 8.72. The third kappa shape index (κ3) is 3.26. The Labute approximate surface area is 171 Å². The van der Waals surface area contributed by atoms with E-state index < -0.39 is 0 Å². The molecule has 0 N–H and O–H groups in total. The Kier molecular flexibility index (Phi) is 4.70. The zero-order chi connectivity index (χ0) is 20.9. The van der Waals surface area contributed by atoms with Crippen LogP contribution in [0.1, 0.15) is 80.7 Å². The van der Waals surface area contributed by atoms with Gasteiger partial charge in [0.05, 0.1) is 12.3 Å². The molecule has 146 valence electrons. The Morgan fingerprint density at radius 2 is 1.75 bits per heavy atom. The molecule has 1 nitrogen and oxygen atoms in total. The van der Waals surface area contributed by atoms with Crippen LogP contribution in [0.15, 0.2) is 36.4 Å². The molecule has 1 aromatic heterocycles. The van der Waals surface area contributed by atoms with Crippen LogP contribution >= 0.6 is 0 Å². The molecule has 2 aromatic carbocycles. The van der Waals surface area contributed by atoms with Gasteiger partial charge in [-0.05, 0) is 78.3 Å². The smallest absolute Gasteiger partial charge is 0.198 e. The topological polar surface area (TPSA) is 3.88 Å². The van der Waals surface area contributed by atoms with E-state index in [0.29, 0.717) is 17.9 Å². The van der Waals surface area contributed by atoms with E-state index in [9.17, 15) is 0 Å². The molecule has 0 spiro atoms. The fourth-order valence-electron chi connectivity index (χ4n) is 4.81. The lowest BCUT2D eigenvalue weighted by atomic mass is 9.88. The number of hydrogen-bond acceptors (Lipinski definition) is 0. The van der Waals surface area contributed by atoms with E-state index in [-0.39, 0.29) is 0 Å². The van der Waals surface area contributed by atoms with Crippen LogP contribution in [0.5, 0.6) is 0 Å². The second kappa shape index (κ2) is 7.35. The highest BCUT2D eigenvalue weighted by molar-refractivity contribution is 5.94. The lowest BCUT2D eigenvalue weighted by Gasteiger charge is -2.17. The van der Waals surface area contributed by atoms with Crippen LogP contribution in [0.3, 0.4) is 0 Å². The first kappa shape index (κ1) is 17.9. The summed E-state index contributed by atoms with van der Waals surface area (Å²) in [5.41, 5.74) is 9.19. The maximum Gasteiger partial charge on any atom is 0.220 e. The van der Waals surface area contributed by atoms with Crippen LogP contribution in [-0.4, -0.2) is 0 Å². The van der Waals surface area contributed by atoms with E-state index in [0.717, 1.165) is 11.1 Å². The van der Waals surface area contributed by atoms with Gasteiger partial charge in [0.25, 0.3) is 0 Å². The van der Waals surface area contributed by atoms with Crippen molar-refractivity contribution in [2.24, 2.45) is 7.05 Å². The molecule has 4 rings (SSSR count). The minimum absolute atomic E-state index is 0.473. The van der Waals surface area contributed by atoms with E-state index >= 15 is 0 Å². The summed E-state index contributed by atoms with van der Waals surface area (Å²) in [7, 11) is 2.13. The molecular weight excluding hydrogens is 338 g/mol. The van der Waals surface area contributed by atoms with Gasteiger partial charge in [-0.2, -0.15) is 4.57 Å². The van der Waals surface area contributed by atoms with Gasteiger partial charge < -0.3 is 0 Å². The molecule has 3 aromatic rings. The van der Waals surface area contributed by atoms with Gasteiger partial charge in [0.15, 0.2) is 5.69 Å². The van der Waals surface area contributed by atoms with Gasteiger partial charge in [-0.3, -0.25) is 0 Å². The first-order valence-electron chi connectivity index (χ1n) is 11.3. The average molecular weight is 374 g/mol. The lowest BCUT2D eigenvalue weighted by molar-refractivity contribution is -0.665. The SMILES string of the molecule is [2H]c1c(C)[n+](C)c(-c2cc(C3CCCC3)cc(C)c2C)c2cc(C(C)C)ccc12. The summed E-state index contributed by atoms with van der Waals surface area (Å²) in [6, 6.07) is 12.2. The second-order valence-electron chi connectivity index (χ2n) is 9.07. The number of pyridine rings is 1. The quantitative estimate of drug-likeness (QED) is 0.434. The van der Waals surface area contributed by atoms with Gasteiger partial charge >= 0.3 is 0 Å². The zero-order valence-electron chi connectivity index (χ0n) is 19.3. The molecule has 1 aliphatic rings. The van der Waals surface area contributed by atoms with Crippen molar-refractivity contribution in [3.8, 4) is 11.3 Å².